The summed E-state index contributed by atoms with van der Waals surface area (Å²) in [7, 11) is 1.72. The Morgan fingerprint density at radius 2 is 1.49 bits per heavy atom. The molecule has 4 aromatic rings. The number of nitrogens with zero attached hydrogens (tertiary/aromatic N) is 1. The minimum absolute atomic E-state index is 0.851. The van der Waals surface area contributed by atoms with Crippen LogP contribution in [-0.2, 0) is 6.42 Å². The van der Waals surface area contributed by atoms with Gasteiger partial charge in [-0.2, -0.15) is 0 Å². The molecular formula is C32H35NO2. The molecule has 0 saturated carbocycles. The molecule has 1 aliphatic rings. The van der Waals surface area contributed by atoms with Gasteiger partial charge in [-0.15, -0.1) is 0 Å². The Kier molecular flexibility index (Phi) is 7.65. The van der Waals surface area contributed by atoms with Crippen LogP contribution in [0.2, 0.25) is 0 Å². The van der Waals surface area contributed by atoms with Gasteiger partial charge in [-0.3, -0.25) is 0 Å². The van der Waals surface area contributed by atoms with Crippen molar-refractivity contribution < 1.29 is 9.47 Å². The van der Waals surface area contributed by atoms with Crippen molar-refractivity contribution in [1.82, 2.24) is 4.90 Å². The van der Waals surface area contributed by atoms with Crippen molar-refractivity contribution >= 4 is 10.8 Å². The van der Waals surface area contributed by atoms with Crippen molar-refractivity contribution in [3.63, 3.8) is 0 Å². The molecule has 0 atom stereocenters. The van der Waals surface area contributed by atoms with Crippen molar-refractivity contribution in [3.8, 4) is 28.4 Å². The Morgan fingerprint density at radius 1 is 0.743 bits per heavy atom. The fourth-order valence-corrected chi connectivity index (χ4v) is 5.20. The molecule has 1 fully saturated rings. The van der Waals surface area contributed by atoms with Crippen LogP contribution in [0.15, 0.2) is 84.9 Å². The van der Waals surface area contributed by atoms with Crippen LogP contribution in [0.4, 0.5) is 0 Å². The van der Waals surface area contributed by atoms with Crippen molar-refractivity contribution in [1.29, 1.82) is 0 Å². The lowest BCUT2D eigenvalue weighted by molar-refractivity contribution is 0.225. The summed E-state index contributed by atoms with van der Waals surface area (Å²) in [5.41, 5.74) is 3.73. The van der Waals surface area contributed by atoms with E-state index in [1.807, 2.05) is 36.4 Å². The number of hydrogen-bond acceptors (Lipinski definition) is 3. The third-order valence-electron chi connectivity index (χ3n) is 7.03. The largest absolute Gasteiger partial charge is 0.497 e. The lowest BCUT2D eigenvalue weighted by Gasteiger charge is -2.26. The van der Waals surface area contributed by atoms with Gasteiger partial charge in [0.1, 0.15) is 17.2 Å². The molecule has 0 radical (unpaired) electrons. The molecule has 0 aliphatic carbocycles. The zero-order chi connectivity index (χ0) is 23.9. The van der Waals surface area contributed by atoms with Gasteiger partial charge >= 0.3 is 0 Å². The van der Waals surface area contributed by atoms with E-state index in [0.717, 1.165) is 40.9 Å². The van der Waals surface area contributed by atoms with Crippen LogP contribution in [0, 0.1) is 0 Å². The Hall–Kier alpha value is -3.30. The molecule has 35 heavy (non-hydrogen) atoms. The van der Waals surface area contributed by atoms with Crippen molar-refractivity contribution in [2.45, 2.75) is 38.5 Å². The second-order valence-electron chi connectivity index (χ2n) is 9.47. The first kappa shape index (κ1) is 23.4. The Bertz CT molecular complexity index is 1230. The summed E-state index contributed by atoms with van der Waals surface area (Å²) in [5.74, 6) is 2.64. The molecule has 1 saturated heterocycles. The first-order chi connectivity index (χ1) is 17.3. The van der Waals surface area contributed by atoms with E-state index in [2.05, 4.69) is 53.4 Å². The molecule has 5 rings (SSSR count). The van der Waals surface area contributed by atoms with E-state index in [-0.39, 0.29) is 0 Å². The third-order valence-corrected chi connectivity index (χ3v) is 7.03. The van der Waals surface area contributed by atoms with Crippen molar-refractivity contribution in [2.75, 3.05) is 26.7 Å². The Balaban J connectivity index is 1.54. The third kappa shape index (κ3) is 5.68. The van der Waals surface area contributed by atoms with Crippen molar-refractivity contribution in [2.24, 2.45) is 0 Å². The number of ether oxygens (including phenoxy) is 2. The quantitative estimate of drug-likeness (QED) is 0.233. The van der Waals surface area contributed by atoms with Gasteiger partial charge in [0.15, 0.2) is 0 Å². The minimum Gasteiger partial charge on any atom is -0.497 e. The van der Waals surface area contributed by atoms with Crippen LogP contribution in [0.3, 0.4) is 0 Å². The minimum atomic E-state index is 0.851. The highest BCUT2D eigenvalue weighted by molar-refractivity contribution is 5.97. The number of hydrogen-bond donors (Lipinski definition) is 0. The van der Waals surface area contributed by atoms with Gasteiger partial charge in [0.05, 0.1) is 7.11 Å². The molecule has 1 aliphatic heterocycles. The van der Waals surface area contributed by atoms with Crippen molar-refractivity contribution in [3.05, 3.63) is 90.5 Å². The van der Waals surface area contributed by atoms with Gasteiger partial charge < -0.3 is 14.4 Å². The molecule has 0 bridgehead atoms. The van der Waals surface area contributed by atoms with Crippen LogP contribution in [0.5, 0.6) is 17.2 Å². The van der Waals surface area contributed by atoms with Gasteiger partial charge in [-0.25, -0.2) is 0 Å². The second-order valence-corrected chi connectivity index (χ2v) is 9.47. The molecule has 3 nitrogen and oxygen atoms in total. The van der Waals surface area contributed by atoms with Gasteiger partial charge in [-0.05, 0) is 98.6 Å². The first-order valence-corrected chi connectivity index (χ1v) is 13.0. The summed E-state index contributed by atoms with van der Waals surface area (Å²) in [5, 5.41) is 2.26. The summed E-state index contributed by atoms with van der Waals surface area (Å²) in [6, 6.07) is 29.4. The van der Waals surface area contributed by atoms with Gasteiger partial charge in [0.2, 0.25) is 0 Å². The molecule has 1 heterocycles. The van der Waals surface area contributed by atoms with Crippen LogP contribution >= 0.6 is 0 Å². The van der Waals surface area contributed by atoms with E-state index in [1.54, 1.807) is 7.11 Å². The molecule has 0 spiro atoms. The monoisotopic (exact) mass is 465 g/mol. The summed E-state index contributed by atoms with van der Waals surface area (Å²) < 4.78 is 12.2. The lowest BCUT2D eigenvalue weighted by atomic mass is 9.91. The number of benzene rings is 4. The Labute approximate surface area is 209 Å². The molecule has 0 N–H and O–H groups in total. The highest BCUT2D eigenvalue weighted by atomic mass is 16.5. The number of piperidine rings is 1. The summed E-state index contributed by atoms with van der Waals surface area (Å²) in [4.78, 5) is 2.64. The maximum atomic E-state index is 6.64. The molecule has 180 valence electrons. The van der Waals surface area contributed by atoms with E-state index in [9.17, 15) is 0 Å². The highest BCUT2D eigenvalue weighted by Crippen LogP contribution is 2.43. The first-order valence-electron chi connectivity index (χ1n) is 13.0. The predicted molar refractivity (Wildman–Crippen MR) is 146 cm³/mol. The molecule has 4 aromatic carbocycles. The zero-order valence-electron chi connectivity index (χ0n) is 20.7. The van der Waals surface area contributed by atoms with E-state index in [1.165, 1.54) is 62.0 Å². The molecule has 0 unspecified atom stereocenters. The Morgan fingerprint density at radius 3 is 2.23 bits per heavy atom. The second kappa shape index (κ2) is 11.4. The predicted octanol–water partition coefficient (Wildman–Crippen LogP) is 8.12. The lowest BCUT2D eigenvalue weighted by Crippen LogP contribution is -2.30. The number of methoxy groups -OCH3 is 1. The number of aryl methyl sites for hydroxylation is 1. The molecule has 0 amide bonds. The number of unbranched alkanes of at least 4 members (excludes halogenated alkanes) is 1. The number of likely N-dealkylation sites (tertiary alicyclic amines) is 1. The van der Waals surface area contributed by atoms with Gasteiger partial charge in [0, 0.05) is 10.9 Å². The van der Waals surface area contributed by atoms with E-state index in [0.29, 0.717) is 0 Å². The van der Waals surface area contributed by atoms with Gasteiger partial charge in [0.25, 0.3) is 0 Å². The summed E-state index contributed by atoms with van der Waals surface area (Å²) >= 11 is 0. The average Bonchev–Trinajstić information content (AvgIpc) is 2.92. The SMILES string of the molecule is COc1ccc2c(Oc3ccccc3)c(-c3ccccc3)c(CCCCN3CCCCC3)cc2c1. The normalized spacial score (nSPS) is 14.2. The van der Waals surface area contributed by atoms with E-state index in [4.69, 9.17) is 9.47 Å². The number of fused-ring (bicyclic) bond motifs is 1. The van der Waals surface area contributed by atoms with Crippen LogP contribution in [0.1, 0.15) is 37.7 Å². The molecular weight excluding hydrogens is 430 g/mol. The maximum Gasteiger partial charge on any atom is 0.143 e. The van der Waals surface area contributed by atoms with Crippen LogP contribution in [0.25, 0.3) is 21.9 Å². The van der Waals surface area contributed by atoms with E-state index < -0.39 is 0 Å². The maximum absolute atomic E-state index is 6.64. The summed E-state index contributed by atoms with van der Waals surface area (Å²) in [6.45, 7) is 3.73. The van der Waals surface area contributed by atoms with E-state index >= 15 is 0 Å². The smallest absolute Gasteiger partial charge is 0.143 e. The average molecular weight is 466 g/mol. The standard InChI is InChI=1S/C32H35NO2/c1-34-29-18-19-30-27(24-29)23-26(15-9-12-22-33-20-10-4-11-21-33)31(25-13-5-2-6-14-25)32(30)35-28-16-7-3-8-17-28/h2-3,5-8,13-14,16-19,23-24H,4,9-12,15,20-22H2,1H3. The molecule has 0 aromatic heterocycles. The number of rotatable bonds is 9. The van der Waals surface area contributed by atoms with Crippen LogP contribution in [-0.4, -0.2) is 31.6 Å². The highest BCUT2D eigenvalue weighted by Gasteiger charge is 2.18. The topological polar surface area (TPSA) is 21.7 Å². The van der Waals surface area contributed by atoms with Gasteiger partial charge in [-0.1, -0.05) is 61.0 Å². The van der Waals surface area contributed by atoms with Crippen LogP contribution < -0.4 is 9.47 Å². The number of para-hydroxylation sites is 1. The fourth-order valence-electron chi connectivity index (χ4n) is 5.20. The fraction of sp³-hybridized carbons (Fsp3) is 0.312. The summed E-state index contributed by atoms with van der Waals surface area (Å²) in [6.07, 6.45) is 7.50. The molecule has 3 heteroatoms. The zero-order valence-corrected chi connectivity index (χ0v) is 20.7.